The molecule has 0 unspecified atom stereocenters. The Hall–Kier alpha value is -1.55. The van der Waals surface area contributed by atoms with Gasteiger partial charge in [-0.05, 0) is 44.4 Å². The van der Waals surface area contributed by atoms with Crippen LogP contribution in [-0.4, -0.2) is 43.2 Å². The monoisotopic (exact) mass is 291 g/mol. The van der Waals surface area contributed by atoms with Gasteiger partial charge in [-0.1, -0.05) is 12.1 Å². The van der Waals surface area contributed by atoms with Crippen molar-refractivity contribution < 1.29 is 14.3 Å². The lowest BCUT2D eigenvalue weighted by Gasteiger charge is -2.39. The Labute approximate surface area is 127 Å². The summed E-state index contributed by atoms with van der Waals surface area (Å²) in [6, 6.07) is 7.94. The highest BCUT2D eigenvalue weighted by Crippen LogP contribution is 2.27. The molecule has 1 aromatic carbocycles. The van der Waals surface area contributed by atoms with Gasteiger partial charge in [0.1, 0.15) is 5.75 Å². The molecule has 0 saturated carbocycles. The van der Waals surface area contributed by atoms with Crippen molar-refractivity contribution in [1.82, 2.24) is 4.90 Å². The van der Waals surface area contributed by atoms with Crippen LogP contribution in [0.4, 0.5) is 0 Å². The van der Waals surface area contributed by atoms with Crippen LogP contribution >= 0.6 is 0 Å². The third kappa shape index (κ3) is 4.21. The van der Waals surface area contributed by atoms with Gasteiger partial charge in [0.15, 0.2) is 0 Å². The molecule has 1 atom stereocenters. The lowest BCUT2D eigenvalue weighted by atomic mass is 9.93. The van der Waals surface area contributed by atoms with Crippen molar-refractivity contribution >= 4 is 5.91 Å². The first kappa shape index (κ1) is 15.8. The molecule has 1 aliphatic heterocycles. The topological polar surface area (TPSA) is 38.8 Å². The predicted molar refractivity (Wildman–Crippen MR) is 82.5 cm³/mol. The maximum Gasteiger partial charge on any atom is 0.226 e. The highest BCUT2D eigenvalue weighted by molar-refractivity contribution is 5.79. The van der Waals surface area contributed by atoms with Gasteiger partial charge < -0.3 is 14.4 Å². The molecule has 1 amide bonds. The first-order valence-electron chi connectivity index (χ1n) is 7.44. The van der Waals surface area contributed by atoms with E-state index in [0.717, 1.165) is 24.2 Å². The molecule has 0 aromatic heterocycles. The normalized spacial score (nSPS) is 20.9. The minimum atomic E-state index is -0.145. The summed E-state index contributed by atoms with van der Waals surface area (Å²) in [5.74, 6) is 0.932. The molecular formula is C17H25NO3. The first-order chi connectivity index (χ1) is 9.91. The fraction of sp³-hybridized carbons (Fsp3) is 0.588. The van der Waals surface area contributed by atoms with Crippen molar-refractivity contribution in [2.75, 3.05) is 20.8 Å². The highest BCUT2D eigenvalue weighted by Gasteiger charge is 2.32. The Morgan fingerprint density at radius 2 is 2.24 bits per heavy atom. The molecular weight excluding hydrogens is 266 g/mol. The lowest BCUT2D eigenvalue weighted by molar-refractivity contribution is -0.137. The van der Waals surface area contributed by atoms with Gasteiger partial charge in [0.25, 0.3) is 0 Å². The van der Waals surface area contributed by atoms with Crippen molar-refractivity contribution in [3.05, 3.63) is 29.8 Å². The second-order valence-corrected chi connectivity index (χ2v) is 6.29. The van der Waals surface area contributed by atoms with Crippen molar-refractivity contribution in [3.63, 3.8) is 0 Å². The summed E-state index contributed by atoms with van der Waals surface area (Å²) >= 11 is 0. The van der Waals surface area contributed by atoms with E-state index >= 15 is 0 Å². The number of carbonyl (C=O) groups is 1. The molecule has 1 saturated heterocycles. The molecule has 116 valence electrons. The van der Waals surface area contributed by atoms with Gasteiger partial charge in [0.2, 0.25) is 5.91 Å². The van der Waals surface area contributed by atoms with Crippen LogP contribution in [0, 0.1) is 0 Å². The molecule has 1 heterocycles. The summed E-state index contributed by atoms with van der Waals surface area (Å²) in [5.41, 5.74) is 0.838. The fourth-order valence-corrected chi connectivity index (χ4v) is 2.82. The van der Waals surface area contributed by atoms with E-state index in [0.29, 0.717) is 13.0 Å². The number of ether oxygens (including phenoxy) is 2. The summed E-state index contributed by atoms with van der Waals surface area (Å²) < 4.78 is 10.9. The van der Waals surface area contributed by atoms with E-state index < -0.39 is 0 Å². The Bertz CT molecular complexity index is 499. The van der Waals surface area contributed by atoms with E-state index in [9.17, 15) is 4.79 Å². The number of likely N-dealkylation sites (N-methyl/N-ethyl adjacent to an activating group) is 1. The number of benzene rings is 1. The van der Waals surface area contributed by atoms with Crippen LogP contribution in [0.15, 0.2) is 24.3 Å². The zero-order valence-corrected chi connectivity index (χ0v) is 13.4. The van der Waals surface area contributed by atoms with Gasteiger partial charge in [-0.2, -0.15) is 0 Å². The van der Waals surface area contributed by atoms with Gasteiger partial charge in [-0.3, -0.25) is 4.79 Å². The van der Waals surface area contributed by atoms with Crippen LogP contribution < -0.4 is 4.74 Å². The standard InChI is InChI=1S/C17H25NO3/c1-17(2)12-14(8-9-21-17)18(3)16(19)11-13-6-5-7-15(10-13)20-4/h5-7,10,14H,8-9,11-12H2,1-4H3/t14-/m1/s1. The van der Waals surface area contributed by atoms with Crippen molar-refractivity contribution in [2.24, 2.45) is 0 Å². The third-order valence-corrected chi connectivity index (χ3v) is 4.10. The van der Waals surface area contributed by atoms with Gasteiger partial charge in [-0.25, -0.2) is 0 Å². The second-order valence-electron chi connectivity index (χ2n) is 6.29. The number of carbonyl (C=O) groups excluding carboxylic acids is 1. The fourth-order valence-electron chi connectivity index (χ4n) is 2.82. The minimum absolute atomic E-state index is 0.144. The smallest absolute Gasteiger partial charge is 0.226 e. The van der Waals surface area contributed by atoms with Crippen molar-refractivity contribution in [3.8, 4) is 5.75 Å². The number of methoxy groups -OCH3 is 1. The van der Waals surface area contributed by atoms with Gasteiger partial charge in [0, 0.05) is 19.7 Å². The molecule has 0 N–H and O–H groups in total. The summed E-state index contributed by atoms with van der Waals surface area (Å²) in [6.45, 7) is 4.88. The summed E-state index contributed by atoms with van der Waals surface area (Å²) in [4.78, 5) is 14.3. The Morgan fingerprint density at radius 3 is 2.90 bits per heavy atom. The number of amides is 1. The molecule has 2 rings (SSSR count). The molecule has 0 spiro atoms. The van der Waals surface area contributed by atoms with Gasteiger partial charge >= 0.3 is 0 Å². The highest BCUT2D eigenvalue weighted by atomic mass is 16.5. The van der Waals surface area contributed by atoms with Crippen molar-refractivity contribution in [2.45, 2.75) is 44.8 Å². The maximum absolute atomic E-state index is 12.5. The molecule has 1 aromatic rings. The molecule has 21 heavy (non-hydrogen) atoms. The molecule has 1 fully saturated rings. The largest absolute Gasteiger partial charge is 0.497 e. The minimum Gasteiger partial charge on any atom is -0.497 e. The van der Waals surface area contributed by atoms with Crippen LogP contribution in [-0.2, 0) is 16.0 Å². The molecule has 0 aliphatic carbocycles. The van der Waals surface area contributed by atoms with Crippen LogP contribution in [0.2, 0.25) is 0 Å². The van der Waals surface area contributed by atoms with Crippen LogP contribution in [0.1, 0.15) is 32.3 Å². The number of hydrogen-bond donors (Lipinski definition) is 0. The molecule has 0 radical (unpaired) electrons. The molecule has 1 aliphatic rings. The summed E-state index contributed by atoms with van der Waals surface area (Å²) in [6.07, 6.45) is 2.20. The van der Waals surface area contributed by atoms with Gasteiger partial charge in [-0.15, -0.1) is 0 Å². The Balaban J connectivity index is 1.98. The average Bonchev–Trinajstić information content (AvgIpc) is 2.45. The summed E-state index contributed by atoms with van der Waals surface area (Å²) in [7, 11) is 3.53. The van der Waals surface area contributed by atoms with E-state index in [1.54, 1.807) is 7.11 Å². The lowest BCUT2D eigenvalue weighted by Crippen LogP contribution is -2.47. The maximum atomic E-state index is 12.5. The van der Waals surface area contributed by atoms with E-state index in [4.69, 9.17) is 9.47 Å². The number of rotatable bonds is 4. The number of hydrogen-bond acceptors (Lipinski definition) is 3. The van der Waals surface area contributed by atoms with E-state index in [-0.39, 0.29) is 17.6 Å². The molecule has 4 heteroatoms. The SMILES string of the molecule is COc1cccc(CC(=O)N(C)[C@@H]2CCOC(C)(C)C2)c1. The molecule has 0 bridgehead atoms. The predicted octanol–water partition coefficient (Wildman–Crippen LogP) is 2.65. The quantitative estimate of drug-likeness (QED) is 0.856. The van der Waals surface area contributed by atoms with E-state index in [1.165, 1.54) is 0 Å². The van der Waals surface area contributed by atoms with Crippen LogP contribution in [0.3, 0.4) is 0 Å². The zero-order chi connectivity index (χ0) is 15.5. The van der Waals surface area contributed by atoms with Crippen LogP contribution in [0.5, 0.6) is 5.75 Å². The Morgan fingerprint density at radius 1 is 1.48 bits per heavy atom. The summed E-state index contributed by atoms with van der Waals surface area (Å²) in [5, 5.41) is 0. The average molecular weight is 291 g/mol. The number of nitrogens with zero attached hydrogens (tertiary/aromatic N) is 1. The second kappa shape index (κ2) is 6.48. The molecule has 4 nitrogen and oxygen atoms in total. The zero-order valence-electron chi connectivity index (χ0n) is 13.4. The third-order valence-electron chi connectivity index (χ3n) is 4.10. The first-order valence-corrected chi connectivity index (χ1v) is 7.44. The Kier molecular flexibility index (Phi) is 4.88. The van der Waals surface area contributed by atoms with Gasteiger partial charge in [0.05, 0.1) is 19.1 Å². The van der Waals surface area contributed by atoms with E-state index in [2.05, 4.69) is 13.8 Å². The van der Waals surface area contributed by atoms with E-state index in [1.807, 2.05) is 36.2 Å². The van der Waals surface area contributed by atoms with Crippen LogP contribution in [0.25, 0.3) is 0 Å². The van der Waals surface area contributed by atoms with Crippen molar-refractivity contribution in [1.29, 1.82) is 0 Å².